The molecule has 1 N–H and O–H groups in total. The number of para-hydroxylation sites is 1. The zero-order valence-electron chi connectivity index (χ0n) is 16.5. The normalized spacial score (nSPS) is 15.3. The predicted molar refractivity (Wildman–Crippen MR) is 111 cm³/mol. The van der Waals surface area contributed by atoms with Crippen LogP contribution in [0.2, 0.25) is 5.02 Å². The van der Waals surface area contributed by atoms with Crippen LogP contribution in [-0.2, 0) is 13.6 Å². The van der Waals surface area contributed by atoms with Crippen LogP contribution in [0.1, 0.15) is 17.7 Å². The third kappa shape index (κ3) is 4.94. The molecule has 1 fully saturated rings. The minimum absolute atomic E-state index is 0.795. The second-order valence-electron chi connectivity index (χ2n) is 7.01. The molecule has 0 spiro atoms. The van der Waals surface area contributed by atoms with Crippen LogP contribution < -0.4 is 15.0 Å². The van der Waals surface area contributed by atoms with Crippen LogP contribution in [0.25, 0.3) is 0 Å². The van der Waals surface area contributed by atoms with Crippen molar-refractivity contribution < 1.29 is 4.74 Å². The Kier molecular flexibility index (Phi) is 6.99. The van der Waals surface area contributed by atoms with E-state index in [0.717, 1.165) is 80.1 Å². The van der Waals surface area contributed by atoms with Crippen LogP contribution in [0.3, 0.4) is 0 Å². The lowest BCUT2D eigenvalue weighted by Crippen LogP contribution is -2.47. The first kappa shape index (κ1) is 20.0. The van der Waals surface area contributed by atoms with E-state index in [1.54, 1.807) is 11.8 Å². The van der Waals surface area contributed by atoms with E-state index in [2.05, 4.69) is 32.3 Å². The number of methoxy groups -OCH3 is 1. The van der Waals surface area contributed by atoms with E-state index in [4.69, 9.17) is 16.3 Å². The fourth-order valence-corrected chi connectivity index (χ4v) is 3.96. The molecule has 0 radical (unpaired) electrons. The molecule has 1 aliphatic rings. The molecular weight excluding hydrogens is 362 g/mol. The van der Waals surface area contributed by atoms with Crippen molar-refractivity contribution in [1.29, 1.82) is 0 Å². The number of rotatable bonds is 8. The molecule has 0 saturated carbocycles. The topological polar surface area (TPSA) is 45.6 Å². The number of benzene rings is 1. The van der Waals surface area contributed by atoms with Crippen LogP contribution in [0.15, 0.2) is 24.3 Å². The molecule has 148 valence electrons. The molecule has 2 heterocycles. The third-order valence-corrected chi connectivity index (χ3v) is 5.50. The van der Waals surface area contributed by atoms with Crippen LogP contribution in [-0.4, -0.2) is 61.1 Å². The number of nitrogens with zero attached hydrogens (tertiary/aromatic N) is 4. The first-order valence-corrected chi connectivity index (χ1v) is 9.97. The summed E-state index contributed by atoms with van der Waals surface area (Å²) in [7, 11) is 3.61. The summed E-state index contributed by atoms with van der Waals surface area (Å²) in [6.45, 7) is 9.16. The number of piperazine rings is 1. The molecule has 7 heteroatoms. The highest BCUT2D eigenvalue weighted by molar-refractivity contribution is 6.33. The maximum Gasteiger partial charge on any atom is 0.216 e. The van der Waals surface area contributed by atoms with Gasteiger partial charge in [0.25, 0.3) is 0 Å². The molecule has 2 aromatic rings. The van der Waals surface area contributed by atoms with Gasteiger partial charge < -0.3 is 15.0 Å². The zero-order chi connectivity index (χ0) is 19.2. The van der Waals surface area contributed by atoms with Gasteiger partial charge in [-0.15, -0.1) is 0 Å². The summed E-state index contributed by atoms with van der Waals surface area (Å²) >= 11 is 6.32. The van der Waals surface area contributed by atoms with E-state index >= 15 is 0 Å². The number of nitrogens with one attached hydrogen (secondary N) is 1. The van der Waals surface area contributed by atoms with Crippen molar-refractivity contribution in [2.45, 2.75) is 19.9 Å². The van der Waals surface area contributed by atoms with E-state index in [0.29, 0.717) is 0 Å². The maximum atomic E-state index is 6.32. The fraction of sp³-hybridized carbons (Fsp3) is 0.550. The van der Waals surface area contributed by atoms with Gasteiger partial charge in [0.1, 0.15) is 0 Å². The Morgan fingerprint density at radius 1 is 1.19 bits per heavy atom. The lowest BCUT2D eigenvalue weighted by Gasteiger charge is -2.36. The molecule has 0 amide bonds. The van der Waals surface area contributed by atoms with E-state index in [1.165, 1.54) is 0 Å². The van der Waals surface area contributed by atoms with Crippen molar-refractivity contribution in [2.75, 3.05) is 51.3 Å². The molecule has 1 aromatic heterocycles. The van der Waals surface area contributed by atoms with Crippen LogP contribution in [0, 0.1) is 6.92 Å². The number of hydrogen-bond acceptors (Lipinski definition) is 5. The van der Waals surface area contributed by atoms with Crippen molar-refractivity contribution in [1.82, 2.24) is 20.0 Å². The maximum absolute atomic E-state index is 6.32. The highest BCUT2D eigenvalue weighted by Crippen LogP contribution is 2.26. The highest BCUT2D eigenvalue weighted by atomic mass is 35.5. The van der Waals surface area contributed by atoms with Crippen LogP contribution in [0.5, 0.6) is 5.88 Å². The second kappa shape index (κ2) is 9.44. The monoisotopic (exact) mass is 391 g/mol. The standard InChI is InChI=1S/C20H30ClN5O/c1-16-17(20(27-3)24(2)23-16)15-22-9-6-10-25-11-13-26(14-12-25)19-8-5-4-7-18(19)21/h4-5,7-8,22H,6,9-15H2,1-3H3. The summed E-state index contributed by atoms with van der Waals surface area (Å²) in [6, 6.07) is 8.11. The van der Waals surface area contributed by atoms with E-state index in [1.807, 2.05) is 26.1 Å². The Labute approximate surface area is 167 Å². The molecule has 0 aliphatic carbocycles. The first-order valence-electron chi connectivity index (χ1n) is 9.59. The summed E-state index contributed by atoms with van der Waals surface area (Å²) in [5, 5.41) is 8.79. The largest absolute Gasteiger partial charge is 0.481 e. The van der Waals surface area contributed by atoms with E-state index in [-0.39, 0.29) is 0 Å². The highest BCUT2D eigenvalue weighted by Gasteiger charge is 2.18. The third-order valence-electron chi connectivity index (χ3n) is 5.18. The van der Waals surface area contributed by atoms with Crippen LogP contribution in [0.4, 0.5) is 5.69 Å². The molecule has 1 aromatic carbocycles. The van der Waals surface area contributed by atoms with Crippen molar-refractivity contribution >= 4 is 17.3 Å². The van der Waals surface area contributed by atoms with Crippen LogP contribution >= 0.6 is 11.6 Å². The van der Waals surface area contributed by atoms with Gasteiger partial charge in [-0.05, 0) is 38.6 Å². The van der Waals surface area contributed by atoms with Crippen molar-refractivity contribution in [3.05, 3.63) is 40.5 Å². The molecule has 0 bridgehead atoms. The lowest BCUT2D eigenvalue weighted by molar-refractivity contribution is 0.254. The summed E-state index contributed by atoms with van der Waals surface area (Å²) in [4.78, 5) is 4.92. The van der Waals surface area contributed by atoms with Crippen molar-refractivity contribution in [3.63, 3.8) is 0 Å². The Bertz CT molecular complexity index is 740. The van der Waals surface area contributed by atoms with Gasteiger partial charge in [0.2, 0.25) is 5.88 Å². The molecular formula is C20H30ClN5O. The van der Waals surface area contributed by atoms with Gasteiger partial charge in [-0.3, -0.25) is 4.90 Å². The quantitative estimate of drug-likeness (QED) is 0.701. The number of aryl methyl sites for hydroxylation is 2. The Morgan fingerprint density at radius 3 is 2.63 bits per heavy atom. The molecule has 6 nitrogen and oxygen atoms in total. The van der Waals surface area contributed by atoms with Gasteiger partial charge in [0.15, 0.2) is 0 Å². The molecule has 0 unspecified atom stereocenters. The van der Waals surface area contributed by atoms with Gasteiger partial charge >= 0.3 is 0 Å². The van der Waals surface area contributed by atoms with E-state index < -0.39 is 0 Å². The number of ether oxygens (including phenoxy) is 1. The second-order valence-corrected chi connectivity index (χ2v) is 7.41. The molecule has 1 saturated heterocycles. The smallest absolute Gasteiger partial charge is 0.216 e. The van der Waals surface area contributed by atoms with Crippen molar-refractivity contribution in [3.8, 4) is 5.88 Å². The number of anilines is 1. The summed E-state index contributed by atoms with van der Waals surface area (Å²) in [5.41, 5.74) is 3.33. The van der Waals surface area contributed by atoms with Gasteiger partial charge in [-0.1, -0.05) is 23.7 Å². The average Bonchev–Trinajstić information content (AvgIpc) is 2.95. The Morgan fingerprint density at radius 2 is 1.93 bits per heavy atom. The minimum atomic E-state index is 0.795. The predicted octanol–water partition coefficient (Wildman–Crippen LogP) is 2.69. The average molecular weight is 392 g/mol. The number of hydrogen-bond donors (Lipinski definition) is 1. The summed E-state index contributed by atoms with van der Waals surface area (Å²) in [6.07, 6.45) is 1.13. The Hall–Kier alpha value is -1.76. The zero-order valence-corrected chi connectivity index (χ0v) is 17.3. The summed E-state index contributed by atoms with van der Waals surface area (Å²) < 4.78 is 7.24. The van der Waals surface area contributed by atoms with Gasteiger partial charge in [0, 0.05) is 39.8 Å². The van der Waals surface area contributed by atoms with Crippen molar-refractivity contribution in [2.24, 2.45) is 7.05 Å². The molecule has 0 atom stereocenters. The fourth-order valence-electron chi connectivity index (χ4n) is 3.70. The SMILES string of the molecule is COc1c(CNCCCN2CCN(c3ccccc3Cl)CC2)c(C)nn1C. The van der Waals surface area contributed by atoms with Gasteiger partial charge in [-0.2, -0.15) is 5.10 Å². The minimum Gasteiger partial charge on any atom is -0.481 e. The lowest BCUT2D eigenvalue weighted by atomic mass is 10.2. The molecule has 27 heavy (non-hydrogen) atoms. The van der Waals surface area contributed by atoms with Gasteiger partial charge in [-0.25, -0.2) is 4.68 Å². The van der Waals surface area contributed by atoms with Gasteiger partial charge in [0.05, 0.1) is 29.1 Å². The van der Waals surface area contributed by atoms with E-state index in [9.17, 15) is 0 Å². The first-order chi connectivity index (χ1) is 13.1. The molecule has 1 aliphatic heterocycles. The summed E-state index contributed by atoms with van der Waals surface area (Å²) in [5.74, 6) is 0.843. The number of halogens is 1. The number of aromatic nitrogens is 2. The molecule has 3 rings (SSSR count). The Balaban J connectivity index is 1.36.